The van der Waals surface area contributed by atoms with Crippen LogP contribution >= 0.6 is 0 Å². The van der Waals surface area contributed by atoms with Crippen molar-refractivity contribution in [3.8, 4) is 0 Å². The number of hydrogen-bond acceptors (Lipinski definition) is 1. The zero-order valence-corrected chi connectivity index (χ0v) is 9.33. The van der Waals surface area contributed by atoms with E-state index in [1.807, 2.05) is 6.26 Å². The molecule has 0 spiro atoms. The van der Waals surface area contributed by atoms with Crippen LogP contribution in [0.3, 0.4) is 0 Å². The van der Waals surface area contributed by atoms with E-state index in [0.29, 0.717) is 0 Å². The van der Waals surface area contributed by atoms with Crippen LogP contribution in [0.2, 0.25) is 0 Å². The van der Waals surface area contributed by atoms with Crippen LogP contribution in [0.4, 0.5) is 0 Å². The summed E-state index contributed by atoms with van der Waals surface area (Å²) < 4.78 is 5.48. The number of rotatable bonds is 4. The molecule has 0 bridgehead atoms. The van der Waals surface area contributed by atoms with Crippen molar-refractivity contribution in [1.82, 2.24) is 0 Å². The van der Waals surface area contributed by atoms with Gasteiger partial charge in [0.1, 0.15) is 6.61 Å². The average Bonchev–Trinajstić information content (AvgIpc) is 2.30. The van der Waals surface area contributed by atoms with E-state index in [0.717, 1.165) is 13.0 Å². The molecule has 0 aromatic heterocycles. The lowest BCUT2D eigenvalue weighted by Gasteiger charge is -2.18. The summed E-state index contributed by atoms with van der Waals surface area (Å²) in [7, 11) is 0. The smallest absolute Gasteiger partial charge is 0.113 e. The number of hydrogen-bond donors (Lipinski definition) is 0. The Hall–Kier alpha value is -1.24. The lowest BCUT2D eigenvalue weighted by atomic mass is 9.95. The predicted octanol–water partition coefficient (Wildman–Crippen LogP) is 4.14. The topological polar surface area (TPSA) is 9.23 Å². The normalized spacial score (nSPS) is 14.1. The highest BCUT2D eigenvalue weighted by Crippen LogP contribution is 2.28. The summed E-state index contributed by atoms with van der Waals surface area (Å²) in [5.41, 5.74) is 4.08. The van der Waals surface area contributed by atoms with Crippen LogP contribution in [0.5, 0.6) is 0 Å². The Balaban J connectivity index is 2.09. The maximum absolute atomic E-state index is 5.48. The molecule has 1 aromatic rings. The monoisotopic (exact) mass is 202 g/mol. The standard InChI is InChI=1S/C14H18O/c1-2-3-4-7-12-10-15-11-13-8-5-6-9-14(12)13/h5-6,8-10H,2-4,7,11H2,1H3. The van der Waals surface area contributed by atoms with Crippen molar-refractivity contribution in [1.29, 1.82) is 0 Å². The van der Waals surface area contributed by atoms with Gasteiger partial charge in [0.15, 0.2) is 0 Å². The minimum absolute atomic E-state index is 0.730. The predicted molar refractivity (Wildman–Crippen MR) is 63.4 cm³/mol. The average molecular weight is 202 g/mol. The zero-order valence-electron chi connectivity index (χ0n) is 9.33. The Morgan fingerprint density at radius 2 is 2.07 bits per heavy atom. The van der Waals surface area contributed by atoms with E-state index in [9.17, 15) is 0 Å². The highest BCUT2D eigenvalue weighted by molar-refractivity contribution is 5.68. The first-order valence-corrected chi connectivity index (χ1v) is 5.80. The van der Waals surface area contributed by atoms with E-state index in [1.165, 1.54) is 36.0 Å². The van der Waals surface area contributed by atoms with Gasteiger partial charge in [-0.2, -0.15) is 0 Å². The van der Waals surface area contributed by atoms with Crippen molar-refractivity contribution >= 4 is 5.57 Å². The van der Waals surface area contributed by atoms with Gasteiger partial charge in [-0.25, -0.2) is 0 Å². The van der Waals surface area contributed by atoms with Crippen LogP contribution in [0.1, 0.15) is 43.7 Å². The molecular formula is C14H18O. The first-order chi connectivity index (χ1) is 7.42. The summed E-state index contributed by atoms with van der Waals surface area (Å²) in [6.07, 6.45) is 6.93. The molecule has 1 aliphatic heterocycles. The fourth-order valence-corrected chi connectivity index (χ4v) is 2.01. The molecule has 0 amide bonds. The van der Waals surface area contributed by atoms with Crippen molar-refractivity contribution < 1.29 is 4.74 Å². The molecule has 0 saturated heterocycles. The Morgan fingerprint density at radius 3 is 2.93 bits per heavy atom. The highest BCUT2D eigenvalue weighted by Gasteiger charge is 2.11. The molecule has 0 aliphatic carbocycles. The van der Waals surface area contributed by atoms with Gasteiger partial charge >= 0.3 is 0 Å². The van der Waals surface area contributed by atoms with Crippen molar-refractivity contribution in [2.45, 2.75) is 39.2 Å². The lowest BCUT2D eigenvalue weighted by molar-refractivity contribution is 0.232. The number of allylic oxidation sites excluding steroid dienone is 1. The van der Waals surface area contributed by atoms with Crippen LogP contribution in [-0.2, 0) is 11.3 Å². The van der Waals surface area contributed by atoms with Gasteiger partial charge in [-0.05, 0) is 29.5 Å². The fraction of sp³-hybridized carbons (Fsp3) is 0.429. The zero-order chi connectivity index (χ0) is 10.5. The minimum Gasteiger partial charge on any atom is -0.496 e. The summed E-state index contributed by atoms with van der Waals surface area (Å²) in [6.45, 7) is 2.97. The second-order valence-electron chi connectivity index (χ2n) is 4.07. The number of fused-ring (bicyclic) bond motifs is 1. The molecule has 0 radical (unpaired) electrons. The molecule has 15 heavy (non-hydrogen) atoms. The largest absolute Gasteiger partial charge is 0.496 e. The van der Waals surface area contributed by atoms with E-state index < -0.39 is 0 Å². The first kappa shape index (κ1) is 10.3. The third-order valence-corrected chi connectivity index (χ3v) is 2.88. The van der Waals surface area contributed by atoms with Crippen LogP contribution in [0, 0.1) is 0 Å². The molecule has 0 unspecified atom stereocenters. The molecule has 1 heteroatoms. The van der Waals surface area contributed by atoms with Gasteiger partial charge in [0, 0.05) is 0 Å². The van der Waals surface area contributed by atoms with Gasteiger partial charge in [-0.1, -0.05) is 44.0 Å². The minimum atomic E-state index is 0.730. The first-order valence-electron chi connectivity index (χ1n) is 5.80. The van der Waals surface area contributed by atoms with Crippen molar-refractivity contribution in [2.75, 3.05) is 0 Å². The highest BCUT2D eigenvalue weighted by atomic mass is 16.5. The molecule has 80 valence electrons. The molecule has 0 fully saturated rings. The van der Waals surface area contributed by atoms with Crippen LogP contribution < -0.4 is 0 Å². The summed E-state index contributed by atoms with van der Waals surface area (Å²) >= 11 is 0. The van der Waals surface area contributed by atoms with E-state index in [-0.39, 0.29) is 0 Å². The molecule has 2 rings (SSSR count). The number of unbranched alkanes of at least 4 members (excludes halogenated alkanes) is 2. The van der Waals surface area contributed by atoms with Gasteiger partial charge < -0.3 is 4.74 Å². The van der Waals surface area contributed by atoms with Crippen molar-refractivity contribution in [3.63, 3.8) is 0 Å². The van der Waals surface area contributed by atoms with Crippen LogP contribution in [0.25, 0.3) is 5.57 Å². The summed E-state index contributed by atoms with van der Waals surface area (Å²) in [5, 5.41) is 0. The molecule has 0 saturated carbocycles. The van der Waals surface area contributed by atoms with Crippen LogP contribution in [0.15, 0.2) is 30.5 Å². The molecule has 1 heterocycles. The summed E-state index contributed by atoms with van der Waals surface area (Å²) in [4.78, 5) is 0. The molecule has 1 nitrogen and oxygen atoms in total. The Bertz CT molecular complexity index is 352. The quantitative estimate of drug-likeness (QED) is 0.667. The maximum Gasteiger partial charge on any atom is 0.113 e. The maximum atomic E-state index is 5.48. The third-order valence-electron chi connectivity index (χ3n) is 2.88. The number of ether oxygens (including phenoxy) is 1. The van der Waals surface area contributed by atoms with E-state index in [1.54, 1.807) is 0 Å². The van der Waals surface area contributed by atoms with Gasteiger partial charge in [0.05, 0.1) is 6.26 Å². The van der Waals surface area contributed by atoms with E-state index in [2.05, 4.69) is 31.2 Å². The van der Waals surface area contributed by atoms with Crippen molar-refractivity contribution in [3.05, 3.63) is 41.7 Å². The van der Waals surface area contributed by atoms with Crippen LogP contribution in [-0.4, -0.2) is 0 Å². The van der Waals surface area contributed by atoms with E-state index >= 15 is 0 Å². The molecule has 0 atom stereocenters. The summed E-state index contributed by atoms with van der Waals surface area (Å²) in [5.74, 6) is 0. The Kier molecular flexibility index (Phi) is 3.44. The third kappa shape index (κ3) is 2.41. The summed E-state index contributed by atoms with van der Waals surface area (Å²) in [6, 6.07) is 8.55. The molecular weight excluding hydrogens is 184 g/mol. The molecule has 1 aliphatic rings. The van der Waals surface area contributed by atoms with Gasteiger partial charge in [0.25, 0.3) is 0 Å². The van der Waals surface area contributed by atoms with Gasteiger partial charge in [-0.15, -0.1) is 0 Å². The number of benzene rings is 1. The Labute approximate surface area is 91.8 Å². The van der Waals surface area contributed by atoms with Gasteiger partial charge in [0.2, 0.25) is 0 Å². The SMILES string of the molecule is CCCCCC1=COCc2ccccc21. The fourth-order valence-electron chi connectivity index (χ4n) is 2.01. The Morgan fingerprint density at radius 1 is 1.20 bits per heavy atom. The second kappa shape index (κ2) is 5.01. The molecule has 1 aromatic carbocycles. The van der Waals surface area contributed by atoms with Gasteiger partial charge in [-0.3, -0.25) is 0 Å². The van der Waals surface area contributed by atoms with Crippen molar-refractivity contribution in [2.24, 2.45) is 0 Å². The second-order valence-corrected chi connectivity index (χ2v) is 4.07. The molecule has 0 N–H and O–H groups in total. The lowest BCUT2D eigenvalue weighted by Crippen LogP contribution is -2.01. The van der Waals surface area contributed by atoms with E-state index in [4.69, 9.17) is 4.74 Å².